The first-order valence-electron chi connectivity index (χ1n) is 9.21. The molecule has 0 aromatic heterocycles. The second-order valence-electron chi connectivity index (χ2n) is 6.79. The van der Waals surface area contributed by atoms with Crippen LogP contribution in [0.25, 0.3) is 33.4 Å². The lowest BCUT2D eigenvalue weighted by molar-refractivity contribution is -0.137. The van der Waals surface area contributed by atoms with E-state index in [4.69, 9.17) is 4.42 Å². The average Bonchev–Trinajstić information content (AvgIpc) is 2.71. The van der Waals surface area contributed by atoms with Gasteiger partial charge in [-0.3, -0.25) is 4.99 Å². The van der Waals surface area contributed by atoms with E-state index < -0.39 is 0 Å². The van der Waals surface area contributed by atoms with Crippen LogP contribution < -0.4 is 15.1 Å². The van der Waals surface area contributed by atoms with Gasteiger partial charge in [-0.05, 0) is 37.3 Å². The third-order valence-electron chi connectivity index (χ3n) is 4.80. The van der Waals surface area contributed by atoms with Crippen LogP contribution in [-0.4, -0.2) is 25.9 Å². The van der Waals surface area contributed by atoms with Crippen LogP contribution >= 0.6 is 0 Å². The minimum absolute atomic E-state index is 0.398. The summed E-state index contributed by atoms with van der Waals surface area (Å²) < 4.78 is 6.27. The molecule has 2 aliphatic rings. The smallest absolute Gasteiger partial charge is 0.172 e. The van der Waals surface area contributed by atoms with Crippen molar-refractivity contribution < 1.29 is 14.6 Å². The van der Waals surface area contributed by atoms with Crippen LogP contribution in [0.2, 0.25) is 0 Å². The molecule has 1 heterocycles. The maximum Gasteiger partial charge on any atom is 0.172 e. The molecule has 0 fully saturated rings. The lowest BCUT2D eigenvalue weighted by Crippen LogP contribution is -2.08. The van der Waals surface area contributed by atoms with Gasteiger partial charge in [-0.1, -0.05) is 18.2 Å². The maximum atomic E-state index is 9.41. The molecular weight excluding hydrogens is 352 g/mol. The van der Waals surface area contributed by atoms with E-state index >= 15 is 0 Å². The van der Waals surface area contributed by atoms with E-state index in [1.165, 1.54) is 0 Å². The largest absolute Gasteiger partial charge is 0.456 e. The average molecular weight is 374 g/mol. The van der Waals surface area contributed by atoms with Gasteiger partial charge in [0.05, 0.1) is 5.36 Å². The van der Waals surface area contributed by atoms with Crippen LogP contribution in [0.15, 0.2) is 70.1 Å². The molecular formula is C23H22N2O3. The van der Waals surface area contributed by atoms with Crippen molar-refractivity contribution in [1.29, 1.82) is 0 Å². The Morgan fingerprint density at radius 3 is 2.57 bits per heavy atom. The fourth-order valence-electron chi connectivity index (χ4n) is 3.47. The zero-order chi connectivity index (χ0) is 19.7. The van der Waals surface area contributed by atoms with E-state index in [2.05, 4.69) is 15.9 Å². The van der Waals surface area contributed by atoms with Crippen LogP contribution in [0, 0.1) is 0 Å². The summed E-state index contributed by atoms with van der Waals surface area (Å²) in [6.45, 7) is 2.71. The van der Waals surface area contributed by atoms with Gasteiger partial charge >= 0.3 is 0 Å². The molecule has 1 N–H and O–H groups in total. The van der Waals surface area contributed by atoms with Crippen LogP contribution in [-0.2, 0) is 0 Å². The number of anilines is 1. The van der Waals surface area contributed by atoms with Crippen LogP contribution in [0.5, 0.6) is 5.75 Å². The SMILES string of the molecule is CC/N=c1\ccc2c(-c3ccccc3OO)c3ccc(N(C)C)cc3oc-2c1. The summed E-state index contributed by atoms with van der Waals surface area (Å²) in [6, 6.07) is 19.5. The highest BCUT2D eigenvalue weighted by Crippen LogP contribution is 2.43. The van der Waals surface area contributed by atoms with E-state index in [0.717, 1.165) is 44.5 Å². The minimum atomic E-state index is 0.398. The molecule has 1 aliphatic heterocycles. The zero-order valence-corrected chi connectivity index (χ0v) is 16.1. The Kier molecular flexibility index (Phi) is 4.75. The van der Waals surface area contributed by atoms with Crippen molar-refractivity contribution in [2.75, 3.05) is 25.5 Å². The van der Waals surface area contributed by atoms with Crippen molar-refractivity contribution in [2.45, 2.75) is 6.92 Å². The van der Waals surface area contributed by atoms with E-state index in [9.17, 15) is 5.26 Å². The molecule has 1 aliphatic carbocycles. The fourth-order valence-corrected chi connectivity index (χ4v) is 3.47. The summed E-state index contributed by atoms with van der Waals surface area (Å²) in [5.74, 6) is 1.14. The van der Waals surface area contributed by atoms with Gasteiger partial charge in [0, 0.05) is 60.5 Å². The summed E-state index contributed by atoms with van der Waals surface area (Å²) in [6.07, 6.45) is 0. The summed E-state index contributed by atoms with van der Waals surface area (Å²) in [4.78, 5) is 11.2. The summed E-state index contributed by atoms with van der Waals surface area (Å²) in [5.41, 5.74) is 4.49. The van der Waals surface area contributed by atoms with Crippen LogP contribution in [0.1, 0.15) is 6.92 Å². The minimum Gasteiger partial charge on any atom is -0.456 e. The van der Waals surface area contributed by atoms with E-state index in [0.29, 0.717) is 12.3 Å². The molecule has 142 valence electrons. The number of fused-ring (bicyclic) bond motifs is 2. The quantitative estimate of drug-likeness (QED) is 0.309. The van der Waals surface area contributed by atoms with Gasteiger partial charge in [0.2, 0.25) is 0 Å². The number of nitrogens with zero attached hydrogens (tertiary/aromatic N) is 2. The van der Waals surface area contributed by atoms with E-state index in [1.807, 2.05) is 74.4 Å². The number of hydrogen-bond donors (Lipinski definition) is 1. The predicted octanol–water partition coefficient (Wildman–Crippen LogP) is 5.04. The number of rotatable bonds is 4. The van der Waals surface area contributed by atoms with Gasteiger partial charge in [0.25, 0.3) is 0 Å². The van der Waals surface area contributed by atoms with Gasteiger partial charge in [-0.25, -0.2) is 5.26 Å². The third-order valence-corrected chi connectivity index (χ3v) is 4.80. The Labute approximate surface area is 163 Å². The number of hydrogen-bond acceptors (Lipinski definition) is 5. The van der Waals surface area contributed by atoms with E-state index in [1.54, 1.807) is 6.07 Å². The van der Waals surface area contributed by atoms with Gasteiger partial charge in [-0.2, -0.15) is 0 Å². The Morgan fingerprint density at radius 1 is 1.00 bits per heavy atom. The molecule has 0 unspecified atom stereocenters. The summed E-state index contributed by atoms with van der Waals surface area (Å²) >= 11 is 0. The maximum absolute atomic E-state index is 9.41. The lowest BCUT2D eigenvalue weighted by Gasteiger charge is -2.18. The normalized spacial score (nSPS) is 11.9. The molecule has 0 bridgehead atoms. The van der Waals surface area contributed by atoms with Crippen molar-refractivity contribution in [3.05, 3.63) is 66.0 Å². The van der Waals surface area contributed by atoms with Crippen molar-refractivity contribution >= 4 is 16.7 Å². The molecule has 0 saturated heterocycles. The molecule has 0 spiro atoms. The summed E-state index contributed by atoms with van der Waals surface area (Å²) in [7, 11) is 3.99. The third kappa shape index (κ3) is 3.10. The number of para-hydroxylation sites is 1. The molecule has 0 saturated carbocycles. The molecule has 0 radical (unpaired) electrons. The first-order chi connectivity index (χ1) is 13.6. The molecule has 4 rings (SSSR count). The summed E-state index contributed by atoms with van der Waals surface area (Å²) in [5, 5.41) is 11.2. The van der Waals surface area contributed by atoms with Crippen LogP contribution in [0.4, 0.5) is 5.69 Å². The van der Waals surface area contributed by atoms with Crippen molar-refractivity contribution in [3.8, 4) is 28.2 Å². The van der Waals surface area contributed by atoms with Gasteiger partial charge in [-0.15, -0.1) is 0 Å². The van der Waals surface area contributed by atoms with Crippen molar-refractivity contribution in [1.82, 2.24) is 0 Å². The molecule has 5 nitrogen and oxygen atoms in total. The monoisotopic (exact) mass is 374 g/mol. The first-order valence-corrected chi connectivity index (χ1v) is 9.21. The zero-order valence-electron chi connectivity index (χ0n) is 16.1. The second kappa shape index (κ2) is 7.37. The predicted molar refractivity (Wildman–Crippen MR) is 112 cm³/mol. The van der Waals surface area contributed by atoms with Crippen LogP contribution in [0.3, 0.4) is 0 Å². The standard InChI is InChI=1S/C23H22N2O3/c1-4-24-15-9-11-18-21(13-15)27-22-14-16(25(2)3)10-12-19(22)23(18)17-7-5-6-8-20(17)28-26/h5-14,26H,4H2,1-3H3/b24-15+. The molecule has 28 heavy (non-hydrogen) atoms. The molecule has 2 aromatic carbocycles. The lowest BCUT2D eigenvalue weighted by atomic mass is 9.93. The van der Waals surface area contributed by atoms with Gasteiger partial charge < -0.3 is 14.2 Å². The molecule has 0 atom stereocenters. The van der Waals surface area contributed by atoms with E-state index in [-0.39, 0.29) is 0 Å². The topological polar surface area (TPSA) is 58.2 Å². The van der Waals surface area contributed by atoms with Crippen molar-refractivity contribution in [3.63, 3.8) is 0 Å². The highest BCUT2D eigenvalue weighted by Gasteiger charge is 2.20. The number of benzene rings is 3. The second-order valence-corrected chi connectivity index (χ2v) is 6.79. The Hall–Kier alpha value is -3.31. The Morgan fingerprint density at radius 2 is 1.82 bits per heavy atom. The fraction of sp³-hybridized carbons (Fsp3) is 0.174. The highest BCUT2D eigenvalue weighted by molar-refractivity contribution is 6.03. The van der Waals surface area contributed by atoms with Crippen molar-refractivity contribution in [2.24, 2.45) is 4.99 Å². The first kappa shape index (κ1) is 18.1. The molecule has 0 amide bonds. The van der Waals surface area contributed by atoms with Gasteiger partial charge in [0.15, 0.2) is 5.75 Å². The molecule has 5 heteroatoms. The highest BCUT2D eigenvalue weighted by atomic mass is 17.1. The molecule has 2 aromatic rings. The van der Waals surface area contributed by atoms with Gasteiger partial charge in [0.1, 0.15) is 11.3 Å². The Bertz CT molecular complexity index is 1180. The Balaban J connectivity index is 2.14.